The maximum atomic E-state index is 6.00. The van der Waals surface area contributed by atoms with E-state index in [-0.39, 0.29) is 0 Å². The lowest BCUT2D eigenvalue weighted by Gasteiger charge is -2.09. The Morgan fingerprint density at radius 3 is 2.61 bits per heavy atom. The van der Waals surface area contributed by atoms with Crippen LogP contribution in [0.5, 0.6) is 11.5 Å². The monoisotopic (exact) mass is 399 g/mol. The van der Waals surface area contributed by atoms with Crippen molar-refractivity contribution in [3.8, 4) is 11.5 Å². The highest BCUT2D eigenvalue weighted by Gasteiger charge is 2.01. The summed E-state index contributed by atoms with van der Waals surface area (Å²) in [5.41, 5.74) is 1.15. The minimum Gasteiger partial charge on any atom is -0.497 e. The van der Waals surface area contributed by atoms with Crippen LogP contribution in [0.1, 0.15) is 5.56 Å². The van der Waals surface area contributed by atoms with E-state index in [9.17, 15) is 0 Å². The molecule has 0 saturated heterocycles. The second kappa shape index (κ2) is 10.3. The van der Waals surface area contributed by atoms with Gasteiger partial charge in [0.15, 0.2) is 5.82 Å². The average Bonchev–Trinajstić information content (AvgIpc) is 2.72. The lowest BCUT2D eigenvalue weighted by Crippen LogP contribution is -2.14. The number of nitrogens with zero attached hydrogens (tertiary/aromatic N) is 3. The number of ether oxygens (including phenoxy) is 2. The highest BCUT2D eigenvalue weighted by molar-refractivity contribution is 6.30. The molecule has 0 amide bonds. The molecule has 0 aliphatic rings. The van der Waals surface area contributed by atoms with Crippen molar-refractivity contribution >= 4 is 23.4 Å². The molecule has 0 aliphatic carbocycles. The molecule has 28 heavy (non-hydrogen) atoms. The van der Waals surface area contributed by atoms with Crippen LogP contribution in [0, 0.1) is 0 Å². The molecule has 2 N–H and O–H groups in total. The number of anilines is 2. The number of hydrogen-bond acceptors (Lipinski definition) is 7. The summed E-state index contributed by atoms with van der Waals surface area (Å²) < 4.78 is 10.8. The van der Waals surface area contributed by atoms with E-state index < -0.39 is 0 Å². The van der Waals surface area contributed by atoms with Crippen molar-refractivity contribution in [1.82, 2.24) is 15.2 Å². The van der Waals surface area contributed by atoms with Gasteiger partial charge in [0.25, 0.3) is 0 Å². The van der Waals surface area contributed by atoms with E-state index >= 15 is 0 Å². The van der Waals surface area contributed by atoms with Crippen LogP contribution < -0.4 is 20.1 Å². The first-order chi connectivity index (χ1) is 13.7. The molecule has 0 fully saturated rings. The summed E-state index contributed by atoms with van der Waals surface area (Å²) in [5.74, 6) is 2.70. The fraction of sp³-hybridized carbons (Fsp3) is 0.250. The molecular weight excluding hydrogens is 378 g/mol. The Hall–Kier alpha value is -3.06. The molecule has 0 atom stereocenters. The third kappa shape index (κ3) is 6.28. The SMILES string of the molecule is COc1ccc(OCCNc2cnnc(NCCc3cccc(Cl)c3)n2)cc1. The van der Waals surface area contributed by atoms with Crippen LogP contribution in [0.25, 0.3) is 0 Å². The molecule has 0 radical (unpaired) electrons. The van der Waals surface area contributed by atoms with Crippen molar-refractivity contribution in [2.45, 2.75) is 6.42 Å². The fourth-order valence-electron chi connectivity index (χ4n) is 2.49. The zero-order chi connectivity index (χ0) is 19.6. The van der Waals surface area contributed by atoms with Crippen LogP contribution in [0.4, 0.5) is 11.8 Å². The molecular formula is C20H22ClN5O2. The molecule has 1 aromatic heterocycles. The van der Waals surface area contributed by atoms with Gasteiger partial charge in [-0.15, -0.1) is 5.10 Å². The second-order valence-corrected chi connectivity index (χ2v) is 6.36. The first kappa shape index (κ1) is 19.7. The first-order valence-electron chi connectivity index (χ1n) is 8.92. The number of aromatic nitrogens is 3. The molecule has 3 aromatic rings. The van der Waals surface area contributed by atoms with Gasteiger partial charge in [-0.2, -0.15) is 10.1 Å². The van der Waals surface area contributed by atoms with Gasteiger partial charge in [0.1, 0.15) is 18.1 Å². The molecule has 0 unspecified atom stereocenters. The van der Waals surface area contributed by atoms with Crippen LogP contribution in [-0.4, -0.2) is 42.0 Å². The lowest BCUT2D eigenvalue weighted by molar-refractivity contribution is 0.331. The Bertz CT molecular complexity index is 876. The topological polar surface area (TPSA) is 81.2 Å². The van der Waals surface area contributed by atoms with Crippen LogP contribution in [-0.2, 0) is 6.42 Å². The summed E-state index contributed by atoms with van der Waals surface area (Å²) in [6, 6.07) is 15.2. The van der Waals surface area contributed by atoms with Crippen molar-refractivity contribution in [3.63, 3.8) is 0 Å². The summed E-state index contributed by atoms with van der Waals surface area (Å²) in [5, 5.41) is 15.0. The number of methoxy groups -OCH3 is 1. The first-order valence-corrected chi connectivity index (χ1v) is 9.29. The summed E-state index contributed by atoms with van der Waals surface area (Å²) in [6.07, 6.45) is 2.40. The fourth-order valence-corrected chi connectivity index (χ4v) is 2.71. The molecule has 0 saturated carbocycles. The number of benzene rings is 2. The van der Waals surface area contributed by atoms with Crippen LogP contribution >= 0.6 is 11.6 Å². The van der Waals surface area contributed by atoms with E-state index in [2.05, 4.69) is 25.8 Å². The normalized spacial score (nSPS) is 10.4. The summed E-state index contributed by atoms with van der Waals surface area (Å²) in [4.78, 5) is 4.39. The third-order valence-electron chi connectivity index (χ3n) is 3.88. The van der Waals surface area contributed by atoms with Crippen molar-refractivity contribution in [1.29, 1.82) is 0 Å². The third-order valence-corrected chi connectivity index (χ3v) is 4.12. The summed E-state index contributed by atoms with van der Waals surface area (Å²) in [6.45, 7) is 1.77. The van der Waals surface area contributed by atoms with Gasteiger partial charge in [-0.1, -0.05) is 23.7 Å². The number of nitrogens with one attached hydrogen (secondary N) is 2. The molecule has 2 aromatic carbocycles. The second-order valence-electron chi connectivity index (χ2n) is 5.92. The van der Waals surface area contributed by atoms with Gasteiger partial charge in [0, 0.05) is 11.6 Å². The van der Waals surface area contributed by atoms with E-state index in [0.29, 0.717) is 31.5 Å². The van der Waals surface area contributed by atoms with Gasteiger partial charge in [-0.3, -0.25) is 0 Å². The van der Waals surface area contributed by atoms with Crippen LogP contribution in [0.15, 0.2) is 54.7 Å². The standard InChI is InChI=1S/C20H22ClN5O2/c1-27-17-5-7-18(8-6-17)28-12-11-22-19-14-24-26-20(25-19)23-10-9-15-3-2-4-16(21)13-15/h2-8,13-14H,9-12H2,1H3,(H2,22,23,25,26). The number of rotatable bonds is 10. The Kier molecular flexibility index (Phi) is 7.26. The van der Waals surface area contributed by atoms with Gasteiger partial charge < -0.3 is 20.1 Å². The highest BCUT2D eigenvalue weighted by Crippen LogP contribution is 2.17. The van der Waals surface area contributed by atoms with Crippen molar-refractivity contribution < 1.29 is 9.47 Å². The van der Waals surface area contributed by atoms with E-state index in [1.54, 1.807) is 13.3 Å². The van der Waals surface area contributed by atoms with E-state index in [4.69, 9.17) is 21.1 Å². The van der Waals surface area contributed by atoms with Gasteiger partial charge >= 0.3 is 0 Å². The molecule has 7 nitrogen and oxygen atoms in total. The summed E-state index contributed by atoms with van der Waals surface area (Å²) in [7, 11) is 1.63. The molecule has 3 rings (SSSR count). The minimum absolute atomic E-state index is 0.475. The van der Waals surface area contributed by atoms with Gasteiger partial charge in [-0.05, 0) is 48.4 Å². The van der Waals surface area contributed by atoms with E-state index in [1.807, 2.05) is 48.5 Å². The number of hydrogen-bond donors (Lipinski definition) is 2. The van der Waals surface area contributed by atoms with Gasteiger partial charge in [0.05, 0.1) is 19.9 Å². The molecule has 1 heterocycles. The molecule has 8 heteroatoms. The quantitative estimate of drug-likeness (QED) is 0.503. The lowest BCUT2D eigenvalue weighted by atomic mass is 10.1. The van der Waals surface area contributed by atoms with Gasteiger partial charge in [0.2, 0.25) is 5.95 Å². The Labute approximate surface area is 169 Å². The van der Waals surface area contributed by atoms with Crippen LogP contribution in [0.2, 0.25) is 5.02 Å². The molecule has 0 spiro atoms. The predicted octanol–water partition coefficient (Wildman–Crippen LogP) is 3.68. The van der Waals surface area contributed by atoms with Crippen molar-refractivity contribution in [2.75, 3.05) is 37.4 Å². The van der Waals surface area contributed by atoms with E-state index in [0.717, 1.165) is 28.5 Å². The maximum Gasteiger partial charge on any atom is 0.244 e. The Morgan fingerprint density at radius 1 is 1.00 bits per heavy atom. The average molecular weight is 400 g/mol. The Balaban J connectivity index is 1.40. The summed E-state index contributed by atoms with van der Waals surface area (Å²) >= 11 is 6.00. The smallest absolute Gasteiger partial charge is 0.244 e. The highest BCUT2D eigenvalue weighted by atomic mass is 35.5. The van der Waals surface area contributed by atoms with Gasteiger partial charge in [-0.25, -0.2) is 0 Å². The van der Waals surface area contributed by atoms with Crippen LogP contribution in [0.3, 0.4) is 0 Å². The maximum absolute atomic E-state index is 6.00. The van der Waals surface area contributed by atoms with E-state index in [1.165, 1.54) is 0 Å². The molecule has 146 valence electrons. The molecule has 0 bridgehead atoms. The van der Waals surface area contributed by atoms with Crippen molar-refractivity contribution in [2.24, 2.45) is 0 Å². The zero-order valence-corrected chi connectivity index (χ0v) is 16.3. The molecule has 0 aliphatic heterocycles. The van der Waals surface area contributed by atoms with Crippen molar-refractivity contribution in [3.05, 3.63) is 65.3 Å². The minimum atomic E-state index is 0.475. The number of halogens is 1. The Morgan fingerprint density at radius 2 is 1.82 bits per heavy atom. The zero-order valence-electron chi connectivity index (χ0n) is 15.6. The predicted molar refractivity (Wildman–Crippen MR) is 110 cm³/mol. The largest absolute Gasteiger partial charge is 0.497 e.